The number of piperazine rings is 1. The van der Waals surface area contributed by atoms with Gasteiger partial charge in [-0.15, -0.1) is 0 Å². The molecule has 144 valence electrons. The Morgan fingerprint density at radius 1 is 1.04 bits per heavy atom. The van der Waals surface area contributed by atoms with E-state index in [1.807, 2.05) is 25.1 Å². The summed E-state index contributed by atoms with van der Waals surface area (Å²) in [6, 6.07) is 16.4. The van der Waals surface area contributed by atoms with Crippen LogP contribution in [0.25, 0.3) is 0 Å². The molecule has 0 spiro atoms. The first kappa shape index (κ1) is 19.9. The molecule has 3 rings (SSSR count). The van der Waals surface area contributed by atoms with Crippen LogP contribution in [-0.2, 0) is 0 Å². The summed E-state index contributed by atoms with van der Waals surface area (Å²) < 4.78 is 1.00. The van der Waals surface area contributed by atoms with Gasteiger partial charge in [0.15, 0.2) is 0 Å². The predicted molar refractivity (Wildman–Crippen MR) is 116 cm³/mol. The Morgan fingerprint density at radius 2 is 1.78 bits per heavy atom. The Morgan fingerprint density at radius 3 is 2.48 bits per heavy atom. The number of hydrogen-bond donors (Lipinski definition) is 1. The molecule has 1 heterocycles. The monoisotopic (exact) mass is 429 g/mol. The summed E-state index contributed by atoms with van der Waals surface area (Å²) in [5.41, 5.74) is 3.08. The fraction of sp³-hybridized carbons (Fsp3) is 0.409. The molecule has 1 amide bonds. The number of nitrogens with one attached hydrogen (secondary N) is 1. The van der Waals surface area contributed by atoms with Crippen molar-refractivity contribution in [1.82, 2.24) is 10.2 Å². The zero-order valence-corrected chi connectivity index (χ0v) is 17.5. The van der Waals surface area contributed by atoms with E-state index in [0.29, 0.717) is 0 Å². The van der Waals surface area contributed by atoms with Gasteiger partial charge < -0.3 is 10.2 Å². The summed E-state index contributed by atoms with van der Waals surface area (Å²) in [4.78, 5) is 17.3. The molecule has 1 aliphatic rings. The molecule has 27 heavy (non-hydrogen) atoms. The highest BCUT2D eigenvalue weighted by Crippen LogP contribution is 2.16. The highest BCUT2D eigenvalue weighted by atomic mass is 79.9. The largest absolute Gasteiger partial charge is 0.369 e. The van der Waals surface area contributed by atoms with Crippen LogP contribution in [-0.4, -0.2) is 50.1 Å². The molecule has 0 saturated carbocycles. The van der Waals surface area contributed by atoms with E-state index in [4.69, 9.17) is 0 Å². The van der Waals surface area contributed by atoms with E-state index in [-0.39, 0.29) is 5.91 Å². The molecule has 2 aromatic carbocycles. The molecule has 1 N–H and O–H groups in total. The van der Waals surface area contributed by atoms with Crippen LogP contribution >= 0.6 is 15.9 Å². The van der Waals surface area contributed by atoms with Crippen molar-refractivity contribution in [3.8, 4) is 0 Å². The Hall–Kier alpha value is -1.85. The predicted octanol–water partition coefficient (Wildman–Crippen LogP) is 4.09. The maximum atomic E-state index is 12.3. The second kappa shape index (κ2) is 9.90. The van der Waals surface area contributed by atoms with E-state index < -0.39 is 0 Å². The number of para-hydroxylation sites is 1. The Labute approximate surface area is 170 Å². The number of amides is 1. The van der Waals surface area contributed by atoms with Crippen molar-refractivity contribution in [3.63, 3.8) is 0 Å². The lowest BCUT2D eigenvalue weighted by Crippen LogP contribution is -2.46. The standard InChI is InChI=1S/C22H28BrN3O/c1-18-17-19(23)9-10-21(18)22(27)24-11-5-6-12-25-13-15-26(16-14-25)20-7-3-2-4-8-20/h2-4,7-10,17H,5-6,11-16H2,1H3,(H,24,27). The number of nitrogens with zero attached hydrogens (tertiary/aromatic N) is 2. The van der Waals surface area contributed by atoms with Crippen LogP contribution in [0.2, 0.25) is 0 Å². The van der Waals surface area contributed by atoms with Crippen LogP contribution in [0.4, 0.5) is 5.69 Å². The number of carbonyl (C=O) groups is 1. The molecule has 5 heteroatoms. The number of unbranched alkanes of at least 4 members (excludes halogenated alkanes) is 1. The third kappa shape index (κ3) is 5.81. The molecule has 0 atom stereocenters. The molecule has 1 fully saturated rings. The Kier molecular flexibility index (Phi) is 7.30. The van der Waals surface area contributed by atoms with Gasteiger partial charge in [0.1, 0.15) is 0 Å². The summed E-state index contributed by atoms with van der Waals surface area (Å²) in [7, 11) is 0. The molecular formula is C22H28BrN3O. The topological polar surface area (TPSA) is 35.6 Å². The normalized spacial score (nSPS) is 15.0. The SMILES string of the molecule is Cc1cc(Br)ccc1C(=O)NCCCCN1CCN(c2ccccc2)CC1. The lowest BCUT2D eigenvalue weighted by atomic mass is 10.1. The van der Waals surface area contributed by atoms with Gasteiger partial charge in [-0.3, -0.25) is 9.69 Å². The maximum Gasteiger partial charge on any atom is 0.251 e. The molecule has 1 aliphatic heterocycles. The van der Waals surface area contributed by atoms with Gasteiger partial charge in [-0.05, 0) is 62.2 Å². The number of hydrogen-bond acceptors (Lipinski definition) is 3. The number of anilines is 1. The van der Waals surface area contributed by atoms with Crippen molar-refractivity contribution >= 4 is 27.5 Å². The van der Waals surface area contributed by atoms with Crippen LogP contribution < -0.4 is 10.2 Å². The first-order valence-electron chi connectivity index (χ1n) is 9.70. The van der Waals surface area contributed by atoms with Crippen molar-refractivity contribution < 1.29 is 4.79 Å². The summed E-state index contributed by atoms with van der Waals surface area (Å²) in [6.45, 7) is 8.20. The highest BCUT2D eigenvalue weighted by molar-refractivity contribution is 9.10. The zero-order valence-electron chi connectivity index (χ0n) is 16.0. The van der Waals surface area contributed by atoms with E-state index >= 15 is 0 Å². The highest BCUT2D eigenvalue weighted by Gasteiger charge is 2.16. The molecule has 0 aliphatic carbocycles. The Bertz CT molecular complexity index is 742. The number of aryl methyl sites for hydroxylation is 1. The molecular weight excluding hydrogens is 402 g/mol. The van der Waals surface area contributed by atoms with Crippen molar-refractivity contribution in [2.45, 2.75) is 19.8 Å². The fourth-order valence-electron chi connectivity index (χ4n) is 3.51. The van der Waals surface area contributed by atoms with E-state index in [1.165, 1.54) is 5.69 Å². The van der Waals surface area contributed by atoms with E-state index in [2.05, 4.69) is 61.4 Å². The maximum absolute atomic E-state index is 12.3. The average Bonchev–Trinajstić information content (AvgIpc) is 2.69. The van der Waals surface area contributed by atoms with Crippen LogP contribution in [0.3, 0.4) is 0 Å². The van der Waals surface area contributed by atoms with Gasteiger partial charge in [0, 0.05) is 48.4 Å². The molecule has 1 saturated heterocycles. The number of rotatable bonds is 7. The van der Waals surface area contributed by atoms with Crippen LogP contribution in [0, 0.1) is 6.92 Å². The number of benzene rings is 2. The van der Waals surface area contributed by atoms with E-state index in [1.54, 1.807) is 0 Å². The minimum absolute atomic E-state index is 0.0245. The molecule has 0 bridgehead atoms. The van der Waals surface area contributed by atoms with Crippen molar-refractivity contribution in [2.75, 3.05) is 44.2 Å². The first-order chi connectivity index (χ1) is 13.1. The number of carbonyl (C=O) groups excluding carboxylic acids is 1. The summed E-state index contributed by atoms with van der Waals surface area (Å²) in [5.74, 6) is 0.0245. The summed E-state index contributed by atoms with van der Waals surface area (Å²) in [6.07, 6.45) is 2.13. The van der Waals surface area contributed by atoms with Gasteiger partial charge in [-0.25, -0.2) is 0 Å². The van der Waals surface area contributed by atoms with Crippen LogP contribution in [0.5, 0.6) is 0 Å². The molecule has 0 aromatic heterocycles. The van der Waals surface area contributed by atoms with Crippen LogP contribution in [0.15, 0.2) is 53.0 Å². The zero-order chi connectivity index (χ0) is 19.1. The quantitative estimate of drug-likeness (QED) is 0.673. The van der Waals surface area contributed by atoms with Gasteiger partial charge in [-0.1, -0.05) is 34.1 Å². The molecule has 0 unspecified atom stereocenters. The van der Waals surface area contributed by atoms with Gasteiger partial charge in [0.05, 0.1) is 0 Å². The summed E-state index contributed by atoms with van der Waals surface area (Å²) >= 11 is 3.43. The number of halogens is 1. The lowest BCUT2D eigenvalue weighted by molar-refractivity contribution is 0.0952. The van der Waals surface area contributed by atoms with Gasteiger partial charge >= 0.3 is 0 Å². The average molecular weight is 430 g/mol. The van der Waals surface area contributed by atoms with Gasteiger partial charge in [-0.2, -0.15) is 0 Å². The first-order valence-corrected chi connectivity index (χ1v) is 10.5. The van der Waals surface area contributed by atoms with E-state index in [0.717, 1.165) is 67.7 Å². The van der Waals surface area contributed by atoms with Gasteiger partial charge in [0.25, 0.3) is 5.91 Å². The minimum Gasteiger partial charge on any atom is -0.369 e. The van der Waals surface area contributed by atoms with Gasteiger partial charge in [0.2, 0.25) is 0 Å². The molecule has 0 radical (unpaired) electrons. The van der Waals surface area contributed by atoms with E-state index in [9.17, 15) is 4.79 Å². The van der Waals surface area contributed by atoms with Crippen molar-refractivity contribution in [1.29, 1.82) is 0 Å². The van der Waals surface area contributed by atoms with Crippen LogP contribution in [0.1, 0.15) is 28.8 Å². The Balaban J connectivity index is 1.31. The smallest absolute Gasteiger partial charge is 0.251 e. The summed E-state index contributed by atoms with van der Waals surface area (Å²) in [5, 5.41) is 3.04. The second-order valence-electron chi connectivity index (χ2n) is 7.09. The third-order valence-corrected chi connectivity index (χ3v) is 5.61. The van der Waals surface area contributed by atoms with Crippen molar-refractivity contribution in [3.05, 3.63) is 64.1 Å². The van der Waals surface area contributed by atoms with Crippen molar-refractivity contribution in [2.24, 2.45) is 0 Å². The second-order valence-corrected chi connectivity index (χ2v) is 8.00. The lowest BCUT2D eigenvalue weighted by Gasteiger charge is -2.36. The third-order valence-electron chi connectivity index (χ3n) is 5.11. The minimum atomic E-state index is 0.0245. The molecule has 2 aromatic rings. The molecule has 4 nitrogen and oxygen atoms in total. The fourth-order valence-corrected chi connectivity index (χ4v) is 3.98.